The summed E-state index contributed by atoms with van der Waals surface area (Å²) < 4.78 is 0. The Hall–Kier alpha value is -0.220. The van der Waals surface area contributed by atoms with Crippen molar-refractivity contribution in [3.63, 3.8) is 0 Å². The van der Waals surface area contributed by atoms with Gasteiger partial charge in [0.1, 0.15) is 4.99 Å². The Morgan fingerprint density at radius 3 is 2.45 bits per heavy atom. The molecule has 0 aliphatic carbocycles. The summed E-state index contributed by atoms with van der Waals surface area (Å²) in [6, 6.07) is 0. The molecule has 1 aliphatic rings. The molecule has 2 nitrogen and oxygen atoms in total. The lowest BCUT2D eigenvalue weighted by atomic mass is 9.98. The minimum atomic E-state index is -0.0961. The maximum atomic E-state index is 5.14. The van der Waals surface area contributed by atoms with E-state index >= 15 is 0 Å². The van der Waals surface area contributed by atoms with Crippen LogP contribution >= 0.6 is 24.4 Å². The van der Waals surface area contributed by atoms with Crippen molar-refractivity contribution >= 4 is 34.5 Å². The van der Waals surface area contributed by atoms with Gasteiger partial charge in [-0.2, -0.15) is 0 Å². The summed E-state index contributed by atoms with van der Waals surface area (Å²) in [5.74, 6) is 0. The minimum absolute atomic E-state index is 0.0961. The van der Waals surface area contributed by atoms with Crippen molar-refractivity contribution in [2.24, 2.45) is 0 Å². The van der Waals surface area contributed by atoms with E-state index < -0.39 is 0 Å². The van der Waals surface area contributed by atoms with Gasteiger partial charge in [-0.3, -0.25) is 0 Å². The molecule has 1 heterocycles. The van der Waals surface area contributed by atoms with Gasteiger partial charge in [0.25, 0.3) is 0 Å². The van der Waals surface area contributed by atoms with Gasteiger partial charge in [-0.05, 0) is 25.6 Å². The third-order valence-electron chi connectivity index (χ3n) is 1.87. The van der Waals surface area contributed by atoms with Gasteiger partial charge in [-0.15, -0.1) is 0 Å². The Kier molecular flexibility index (Phi) is 2.44. The lowest BCUT2D eigenvalue weighted by Crippen LogP contribution is -2.42. The number of rotatable bonds is 2. The lowest BCUT2D eigenvalue weighted by Gasteiger charge is -2.21. The highest BCUT2D eigenvalue weighted by Gasteiger charge is 2.35. The second-order valence-electron chi connectivity index (χ2n) is 2.99. The van der Waals surface area contributed by atoms with Gasteiger partial charge in [0.15, 0.2) is 5.11 Å². The third-order valence-corrected chi connectivity index (χ3v) is 2.62. The van der Waals surface area contributed by atoms with Crippen LogP contribution in [0.15, 0.2) is 0 Å². The van der Waals surface area contributed by atoms with Gasteiger partial charge in [0.05, 0.1) is 5.54 Å². The fourth-order valence-electron chi connectivity index (χ4n) is 1.26. The summed E-state index contributed by atoms with van der Waals surface area (Å²) >= 11 is 10.1. The van der Waals surface area contributed by atoms with Crippen LogP contribution in [0.2, 0.25) is 0 Å². The monoisotopic (exact) mass is 188 g/mol. The van der Waals surface area contributed by atoms with E-state index in [1.165, 1.54) is 0 Å². The molecule has 0 spiro atoms. The molecule has 0 bridgehead atoms. The first-order valence-electron chi connectivity index (χ1n) is 3.72. The highest BCUT2D eigenvalue weighted by atomic mass is 32.1. The van der Waals surface area contributed by atoms with Gasteiger partial charge in [0, 0.05) is 0 Å². The largest absolute Gasteiger partial charge is 0.351 e. The van der Waals surface area contributed by atoms with Gasteiger partial charge < -0.3 is 10.6 Å². The van der Waals surface area contributed by atoms with Crippen LogP contribution in [0.3, 0.4) is 0 Å². The van der Waals surface area contributed by atoms with Crippen LogP contribution in [0.1, 0.15) is 26.7 Å². The summed E-state index contributed by atoms with van der Waals surface area (Å²) in [5, 5.41) is 6.76. The van der Waals surface area contributed by atoms with Crippen molar-refractivity contribution in [1.29, 1.82) is 0 Å². The molecule has 2 N–H and O–H groups in total. The van der Waals surface area contributed by atoms with Crippen molar-refractivity contribution in [2.45, 2.75) is 32.2 Å². The van der Waals surface area contributed by atoms with Gasteiger partial charge >= 0.3 is 0 Å². The fourth-order valence-corrected chi connectivity index (χ4v) is 1.90. The molecule has 0 aromatic heterocycles. The van der Waals surface area contributed by atoms with Crippen LogP contribution in [0.25, 0.3) is 0 Å². The maximum Gasteiger partial charge on any atom is 0.171 e. The number of hydrogen-bond donors (Lipinski definition) is 2. The van der Waals surface area contributed by atoms with Crippen LogP contribution < -0.4 is 10.6 Å². The quantitative estimate of drug-likeness (QED) is 0.639. The second-order valence-corrected chi connectivity index (χ2v) is 3.81. The van der Waals surface area contributed by atoms with Crippen LogP contribution in [-0.2, 0) is 0 Å². The molecule has 1 rings (SSSR count). The van der Waals surface area contributed by atoms with Crippen molar-refractivity contribution in [3.8, 4) is 0 Å². The Morgan fingerprint density at radius 2 is 2.09 bits per heavy atom. The number of hydrogen-bond acceptors (Lipinski definition) is 2. The molecule has 0 amide bonds. The molecule has 1 fully saturated rings. The molecule has 0 aromatic rings. The van der Waals surface area contributed by atoms with E-state index in [4.69, 9.17) is 24.4 Å². The predicted octanol–water partition coefficient (Wildman–Crippen LogP) is 1.35. The van der Waals surface area contributed by atoms with E-state index in [0.29, 0.717) is 5.11 Å². The molecule has 0 aromatic carbocycles. The molecule has 0 saturated carbocycles. The normalized spacial score (nSPS) is 30.0. The van der Waals surface area contributed by atoms with E-state index in [2.05, 4.69) is 24.5 Å². The van der Waals surface area contributed by atoms with Gasteiger partial charge in [-0.1, -0.05) is 25.6 Å². The van der Waals surface area contributed by atoms with Crippen LogP contribution in [0.4, 0.5) is 0 Å². The second kappa shape index (κ2) is 3.03. The smallest absolute Gasteiger partial charge is 0.171 e. The van der Waals surface area contributed by atoms with Crippen LogP contribution in [-0.4, -0.2) is 15.6 Å². The Balaban J connectivity index is 2.70. The molecule has 0 radical (unpaired) electrons. The minimum Gasteiger partial charge on any atom is -0.351 e. The summed E-state index contributed by atoms with van der Waals surface area (Å²) in [5.41, 5.74) is -0.0961. The topological polar surface area (TPSA) is 24.1 Å². The Morgan fingerprint density at radius 1 is 1.45 bits per heavy atom. The molecule has 1 unspecified atom stereocenters. The molecule has 1 aliphatic heterocycles. The van der Waals surface area contributed by atoms with E-state index in [0.717, 1.165) is 17.8 Å². The molecule has 4 heteroatoms. The summed E-state index contributed by atoms with van der Waals surface area (Å²) in [6.07, 6.45) is 2.13. The standard InChI is InChI=1S/C7H12N2S2/c1-3-4-7(2)5(10)8-6(11)9-7/h3-4H2,1-2H3,(H2,8,9,10,11). The van der Waals surface area contributed by atoms with E-state index in [1.807, 2.05) is 0 Å². The van der Waals surface area contributed by atoms with Crippen molar-refractivity contribution in [2.75, 3.05) is 0 Å². The highest BCUT2D eigenvalue weighted by Crippen LogP contribution is 2.17. The van der Waals surface area contributed by atoms with E-state index in [9.17, 15) is 0 Å². The molecule has 62 valence electrons. The first-order chi connectivity index (χ1) is 5.08. The molecule has 1 saturated heterocycles. The SMILES string of the molecule is CCCC1(C)NC(=S)NC1=S. The van der Waals surface area contributed by atoms with Crippen molar-refractivity contribution in [1.82, 2.24) is 10.6 Å². The number of nitrogens with one attached hydrogen (secondary N) is 2. The molecular formula is C7H12N2S2. The summed E-state index contributed by atoms with van der Waals surface area (Å²) in [7, 11) is 0. The van der Waals surface area contributed by atoms with E-state index in [1.54, 1.807) is 0 Å². The first-order valence-corrected chi connectivity index (χ1v) is 4.54. The Labute approximate surface area is 77.7 Å². The predicted molar refractivity (Wildman–Crippen MR) is 54.8 cm³/mol. The van der Waals surface area contributed by atoms with Crippen molar-refractivity contribution < 1.29 is 0 Å². The Bertz CT molecular complexity index is 203. The van der Waals surface area contributed by atoms with Crippen LogP contribution in [0.5, 0.6) is 0 Å². The van der Waals surface area contributed by atoms with Crippen molar-refractivity contribution in [3.05, 3.63) is 0 Å². The fraction of sp³-hybridized carbons (Fsp3) is 0.714. The van der Waals surface area contributed by atoms with Gasteiger partial charge in [-0.25, -0.2) is 0 Å². The molecule has 1 atom stereocenters. The van der Waals surface area contributed by atoms with Crippen LogP contribution in [0, 0.1) is 0 Å². The first kappa shape index (κ1) is 8.87. The molecule has 11 heavy (non-hydrogen) atoms. The zero-order chi connectivity index (χ0) is 8.48. The number of thiocarbonyl (C=S) groups is 2. The average Bonchev–Trinajstić information content (AvgIpc) is 2.08. The summed E-state index contributed by atoms with van der Waals surface area (Å²) in [6.45, 7) is 4.21. The van der Waals surface area contributed by atoms with E-state index in [-0.39, 0.29) is 5.54 Å². The average molecular weight is 188 g/mol. The summed E-state index contributed by atoms with van der Waals surface area (Å²) in [4.78, 5) is 0.823. The maximum absolute atomic E-state index is 5.14. The van der Waals surface area contributed by atoms with Gasteiger partial charge in [0.2, 0.25) is 0 Å². The zero-order valence-electron chi connectivity index (χ0n) is 6.73. The highest BCUT2D eigenvalue weighted by molar-refractivity contribution is 7.82. The third kappa shape index (κ3) is 1.68. The molecular weight excluding hydrogens is 176 g/mol. The lowest BCUT2D eigenvalue weighted by molar-refractivity contribution is 0.525. The zero-order valence-corrected chi connectivity index (χ0v) is 8.36.